The quantitative estimate of drug-likeness (QED) is 0.812. The highest BCUT2D eigenvalue weighted by atomic mass is 16.4. The number of rotatable bonds is 2. The molecule has 16 heavy (non-hydrogen) atoms. The van der Waals surface area contributed by atoms with Crippen LogP contribution in [-0.2, 0) is 10.2 Å². The minimum atomic E-state index is -0.883. The van der Waals surface area contributed by atoms with Gasteiger partial charge in [-0.2, -0.15) is 0 Å². The number of nitrogens with one attached hydrogen (secondary N) is 1. The minimum Gasteiger partial charge on any atom is -0.481 e. The summed E-state index contributed by atoms with van der Waals surface area (Å²) in [6.45, 7) is 5.42. The Morgan fingerprint density at radius 2 is 2.06 bits per heavy atom. The Balaban J connectivity index is 2.64. The molecule has 0 saturated carbocycles. The summed E-state index contributed by atoms with van der Waals surface area (Å²) in [5.74, 6) is -0.822. The lowest BCUT2D eigenvalue weighted by Gasteiger charge is -2.16. The molecule has 0 amide bonds. The molecule has 0 saturated heterocycles. The van der Waals surface area contributed by atoms with E-state index in [1.807, 2.05) is 31.2 Å². The first-order valence-corrected chi connectivity index (χ1v) is 5.25. The van der Waals surface area contributed by atoms with Crippen LogP contribution in [0.3, 0.4) is 0 Å². The first kappa shape index (κ1) is 10.7. The molecule has 2 N–H and O–H groups in total. The number of aryl methyl sites for hydroxylation is 1. The summed E-state index contributed by atoms with van der Waals surface area (Å²) in [5, 5.41) is 10.2. The van der Waals surface area contributed by atoms with Gasteiger partial charge in [-0.1, -0.05) is 18.2 Å². The van der Waals surface area contributed by atoms with E-state index in [1.165, 1.54) is 0 Å². The van der Waals surface area contributed by atoms with E-state index in [-0.39, 0.29) is 0 Å². The van der Waals surface area contributed by atoms with E-state index in [0.717, 1.165) is 22.2 Å². The van der Waals surface area contributed by atoms with Crippen molar-refractivity contribution in [1.29, 1.82) is 0 Å². The highest BCUT2D eigenvalue weighted by Crippen LogP contribution is 2.27. The van der Waals surface area contributed by atoms with Crippen LogP contribution in [0.2, 0.25) is 0 Å². The zero-order chi connectivity index (χ0) is 11.9. The standard InChI is InChI=1S/C13H15NO2/c1-8-5-4-6-9-7-10(14-11(8)9)13(2,3)12(15)16/h4-7,14H,1-3H3,(H,15,16). The lowest BCUT2D eigenvalue weighted by Crippen LogP contribution is -2.28. The molecule has 3 nitrogen and oxygen atoms in total. The maximum atomic E-state index is 11.2. The molecule has 0 atom stereocenters. The molecule has 1 aromatic carbocycles. The van der Waals surface area contributed by atoms with Gasteiger partial charge in [0.1, 0.15) is 5.41 Å². The number of fused-ring (bicyclic) bond motifs is 1. The molecule has 3 heteroatoms. The Labute approximate surface area is 94.1 Å². The third-order valence-electron chi connectivity index (χ3n) is 3.07. The average Bonchev–Trinajstić information content (AvgIpc) is 2.63. The summed E-state index contributed by atoms with van der Waals surface area (Å²) in [7, 11) is 0. The first-order valence-electron chi connectivity index (χ1n) is 5.25. The normalized spacial score (nSPS) is 11.9. The monoisotopic (exact) mass is 217 g/mol. The number of hydrogen-bond acceptors (Lipinski definition) is 1. The third-order valence-corrected chi connectivity index (χ3v) is 3.07. The molecule has 0 spiro atoms. The van der Waals surface area contributed by atoms with Gasteiger partial charge in [0.2, 0.25) is 0 Å². The second-order valence-corrected chi connectivity index (χ2v) is 4.65. The largest absolute Gasteiger partial charge is 0.481 e. The smallest absolute Gasteiger partial charge is 0.315 e. The van der Waals surface area contributed by atoms with Crippen molar-refractivity contribution in [2.24, 2.45) is 0 Å². The van der Waals surface area contributed by atoms with Crippen LogP contribution in [0.15, 0.2) is 24.3 Å². The Morgan fingerprint density at radius 1 is 1.38 bits per heavy atom. The van der Waals surface area contributed by atoms with E-state index in [9.17, 15) is 4.79 Å². The van der Waals surface area contributed by atoms with Gasteiger partial charge in [-0.15, -0.1) is 0 Å². The molecule has 1 heterocycles. The van der Waals surface area contributed by atoms with E-state index in [0.29, 0.717) is 0 Å². The van der Waals surface area contributed by atoms with Crippen LogP contribution in [0.1, 0.15) is 25.1 Å². The van der Waals surface area contributed by atoms with Crippen LogP contribution in [0.25, 0.3) is 10.9 Å². The molecule has 0 fully saturated rings. The Morgan fingerprint density at radius 3 is 2.62 bits per heavy atom. The van der Waals surface area contributed by atoms with Gasteiger partial charge in [0.05, 0.1) is 0 Å². The maximum absolute atomic E-state index is 11.2. The average molecular weight is 217 g/mol. The number of hydrogen-bond donors (Lipinski definition) is 2. The Hall–Kier alpha value is -1.77. The molecule has 0 unspecified atom stereocenters. The lowest BCUT2D eigenvalue weighted by atomic mass is 9.90. The molecule has 2 rings (SSSR count). The molecule has 0 aliphatic rings. The van der Waals surface area contributed by atoms with Crippen LogP contribution >= 0.6 is 0 Å². The van der Waals surface area contributed by atoms with E-state index in [2.05, 4.69) is 4.98 Å². The summed E-state index contributed by atoms with van der Waals surface area (Å²) in [6, 6.07) is 7.89. The van der Waals surface area contributed by atoms with E-state index in [1.54, 1.807) is 13.8 Å². The molecule has 2 aromatic rings. The highest BCUT2D eigenvalue weighted by Gasteiger charge is 2.31. The van der Waals surface area contributed by atoms with Gasteiger partial charge in [0.15, 0.2) is 0 Å². The second kappa shape index (κ2) is 3.37. The molecule has 1 aromatic heterocycles. The number of para-hydroxylation sites is 1. The summed E-state index contributed by atoms with van der Waals surface area (Å²) >= 11 is 0. The number of carbonyl (C=O) groups is 1. The zero-order valence-corrected chi connectivity index (χ0v) is 9.66. The molecule has 0 aliphatic carbocycles. The van der Waals surface area contributed by atoms with Crippen molar-refractivity contribution in [1.82, 2.24) is 4.98 Å². The highest BCUT2D eigenvalue weighted by molar-refractivity contribution is 5.87. The molecule has 84 valence electrons. The number of benzene rings is 1. The summed E-state index contributed by atoms with van der Waals surface area (Å²) in [5.41, 5.74) is 2.01. The predicted octanol–water partition coefficient (Wildman–Crippen LogP) is 2.84. The van der Waals surface area contributed by atoms with Crippen LogP contribution < -0.4 is 0 Å². The number of aliphatic carboxylic acids is 1. The van der Waals surface area contributed by atoms with Gasteiger partial charge < -0.3 is 10.1 Å². The zero-order valence-electron chi connectivity index (χ0n) is 9.66. The van der Waals surface area contributed by atoms with Gasteiger partial charge in [-0.25, -0.2) is 0 Å². The lowest BCUT2D eigenvalue weighted by molar-refractivity contribution is -0.142. The Bertz CT molecular complexity index is 552. The molecule has 0 aliphatic heterocycles. The predicted molar refractivity (Wildman–Crippen MR) is 63.7 cm³/mol. The van der Waals surface area contributed by atoms with Gasteiger partial charge in [0, 0.05) is 11.2 Å². The minimum absolute atomic E-state index is 0.740. The maximum Gasteiger partial charge on any atom is 0.315 e. The van der Waals surface area contributed by atoms with Crippen molar-refractivity contribution in [3.8, 4) is 0 Å². The van der Waals surface area contributed by atoms with Crippen molar-refractivity contribution in [2.75, 3.05) is 0 Å². The second-order valence-electron chi connectivity index (χ2n) is 4.65. The van der Waals surface area contributed by atoms with Crippen LogP contribution in [-0.4, -0.2) is 16.1 Å². The van der Waals surface area contributed by atoms with E-state index in [4.69, 9.17) is 5.11 Å². The number of H-pyrrole nitrogens is 1. The van der Waals surface area contributed by atoms with Crippen molar-refractivity contribution < 1.29 is 9.90 Å². The van der Waals surface area contributed by atoms with Gasteiger partial charge in [-0.3, -0.25) is 4.79 Å². The van der Waals surface area contributed by atoms with Crippen LogP contribution in [0, 0.1) is 6.92 Å². The molecular formula is C13H15NO2. The van der Waals surface area contributed by atoms with Crippen molar-refractivity contribution in [2.45, 2.75) is 26.2 Å². The third kappa shape index (κ3) is 1.48. The van der Waals surface area contributed by atoms with Crippen molar-refractivity contribution in [3.05, 3.63) is 35.5 Å². The van der Waals surface area contributed by atoms with Gasteiger partial charge in [0.25, 0.3) is 0 Å². The molecule has 0 radical (unpaired) electrons. The fourth-order valence-electron chi connectivity index (χ4n) is 1.76. The topological polar surface area (TPSA) is 53.1 Å². The summed E-state index contributed by atoms with van der Waals surface area (Å²) < 4.78 is 0. The summed E-state index contributed by atoms with van der Waals surface area (Å²) in [6.07, 6.45) is 0. The van der Waals surface area contributed by atoms with Gasteiger partial charge >= 0.3 is 5.97 Å². The number of carboxylic acid groups (broad SMARTS) is 1. The fraction of sp³-hybridized carbons (Fsp3) is 0.308. The first-order chi connectivity index (χ1) is 7.43. The number of carboxylic acids is 1. The number of aromatic amines is 1. The summed E-state index contributed by atoms with van der Waals surface area (Å²) in [4.78, 5) is 14.4. The van der Waals surface area contributed by atoms with E-state index < -0.39 is 11.4 Å². The van der Waals surface area contributed by atoms with Gasteiger partial charge in [-0.05, 0) is 37.8 Å². The van der Waals surface area contributed by atoms with Crippen LogP contribution in [0.4, 0.5) is 0 Å². The number of aromatic nitrogens is 1. The Kier molecular flexibility index (Phi) is 2.26. The SMILES string of the molecule is Cc1cccc2cc(C(C)(C)C(=O)O)[nH]c12. The van der Waals surface area contributed by atoms with Crippen LogP contribution in [0.5, 0.6) is 0 Å². The fourth-order valence-corrected chi connectivity index (χ4v) is 1.76. The van der Waals surface area contributed by atoms with E-state index >= 15 is 0 Å². The molecule has 0 bridgehead atoms. The molecular weight excluding hydrogens is 202 g/mol. The van der Waals surface area contributed by atoms with Crippen molar-refractivity contribution >= 4 is 16.9 Å². The van der Waals surface area contributed by atoms with Crippen molar-refractivity contribution in [3.63, 3.8) is 0 Å².